The number of ether oxygens (including phenoxy) is 1. The quantitative estimate of drug-likeness (QED) is 0.482. The monoisotopic (exact) mass is 326 g/mol. The average molecular weight is 326 g/mol. The second kappa shape index (κ2) is 7.34. The van der Waals surface area contributed by atoms with E-state index in [0.717, 1.165) is 16.9 Å². The van der Waals surface area contributed by atoms with Gasteiger partial charge in [-0.2, -0.15) is 0 Å². The summed E-state index contributed by atoms with van der Waals surface area (Å²) in [4.78, 5) is 0. The van der Waals surface area contributed by atoms with Crippen LogP contribution in [-0.4, -0.2) is 17.3 Å². The molecule has 0 spiro atoms. The van der Waals surface area contributed by atoms with Crippen LogP contribution in [0.25, 0.3) is 6.08 Å². The smallest absolute Gasteiger partial charge is 0.261 e. The van der Waals surface area contributed by atoms with E-state index in [1.807, 2.05) is 25.1 Å². The third kappa shape index (κ3) is 4.37. The number of nitrogens with one attached hydrogen (secondary N) is 2. The third-order valence-electron chi connectivity index (χ3n) is 3.44. The highest BCUT2D eigenvalue weighted by Gasteiger charge is 2.27. The van der Waals surface area contributed by atoms with Gasteiger partial charge in [-0.25, -0.2) is 0 Å². The largest absolute Gasteiger partial charge is 0.471 e. The van der Waals surface area contributed by atoms with E-state index in [2.05, 4.69) is 48.6 Å². The van der Waals surface area contributed by atoms with Crippen LogP contribution < -0.4 is 10.6 Å². The molecule has 1 aliphatic heterocycles. The van der Waals surface area contributed by atoms with Crippen molar-refractivity contribution in [3.05, 3.63) is 41.5 Å². The molecule has 0 aliphatic carbocycles. The van der Waals surface area contributed by atoms with E-state index in [4.69, 9.17) is 23.4 Å². The minimum Gasteiger partial charge on any atom is -0.471 e. The fraction of sp³-hybridized carbons (Fsp3) is 0.316. The first-order valence-electron chi connectivity index (χ1n) is 7.63. The first kappa shape index (κ1) is 17.1. The van der Waals surface area contributed by atoms with Crippen molar-refractivity contribution in [1.82, 2.24) is 0 Å². The van der Waals surface area contributed by atoms with Crippen LogP contribution >= 0.6 is 12.2 Å². The topological polar surface area (TPSA) is 33.3 Å². The summed E-state index contributed by atoms with van der Waals surface area (Å²) in [6.45, 7) is 6.60. The van der Waals surface area contributed by atoms with Crippen molar-refractivity contribution in [2.75, 3.05) is 17.2 Å². The molecular weight excluding hydrogens is 304 g/mol. The van der Waals surface area contributed by atoms with Crippen molar-refractivity contribution in [1.29, 1.82) is 0 Å². The lowest BCUT2D eigenvalue weighted by Gasteiger charge is -2.33. The minimum atomic E-state index is -0.323. The van der Waals surface area contributed by atoms with Crippen LogP contribution in [-0.2, 0) is 4.74 Å². The van der Waals surface area contributed by atoms with Crippen molar-refractivity contribution < 1.29 is 4.74 Å². The number of benzene rings is 1. The predicted molar refractivity (Wildman–Crippen MR) is 103 cm³/mol. The molecule has 1 atom stereocenters. The van der Waals surface area contributed by atoms with Gasteiger partial charge in [0.05, 0.1) is 12.1 Å². The van der Waals surface area contributed by atoms with Crippen LogP contribution in [0.15, 0.2) is 35.9 Å². The summed E-state index contributed by atoms with van der Waals surface area (Å²) in [5.74, 6) is 2.76. The molecule has 0 saturated carbocycles. The van der Waals surface area contributed by atoms with Crippen molar-refractivity contribution in [2.45, 2.75) is 32.7 Å². The number of hydrogen-bond donors (Lipinski definition) is 2. The van der Waals surface area contributed by atoms with Gasteiger partial charge in [-0.15, -0.1) is 12.3 Å². The summed E-state index contributed by atoms with van der Waals surface area (Å²) in [5.41, 5.74) is 3.94. The molecule has 0 saturated heterocycles. The number of fused-ring (bicyclic) bond motifs is 1. The van der Waals surface area contributed by atoms with Gasteiger partial charge in [-0.1, -0.05) is 23.8 Å². The van der Waals surface area contributed by atoms with Crippen LogP contribution in [0.2, 0.25) is 0 Å². The van der Waals surface area contributed by atoms with Crippen molar-refractivity contribution in [3.63, 3.8) is 0 Å². The standard InChI is InChI=1S/C19H22N2OS/c1-5-10-19(13-14(3)4)11-9-15-12-16(7-8-17(15)21-19)20-18(23)22-6-2/h1,7-9,11-13,21H,6,10H2,2-4H3,(H,20,23). The van der Waals surface area contributed by atoms with Gasteiger partial charge in [0.2, 0.25) is 0 Å². The molecular formula is C19H22N2OS. The Labute approximate surface area is 143 Å². The maximum atomic E-state index is 5.56. The Morgan fingerprint density at radius 2 is 2.26 bits per heavy atom. The Morgan fingerprint density at radius 1 is 1.48 bits per heavy atom. The number of anilines is 2. The number of thiocarbonyl (C=S) groups is 1. The molecule has 23 heavy (non-hydrogen) atoms. The zero-order valence-corrected chi connectivity index (χ0v) is 14.6. The molecule has 0 bridgehead atoms. The molecule has 1 aromatic rings. The Bertz CT molecular complexity index is 696. The van der Waals surface area contributed by atoms with E-state index in [0.29, 0.717) is 18.2 Å². The maximum absolute atomic E-state index is 5.56. The molecule has 1 unspecified atom stereocenters. The van der Waals surface area contributed by atoms with Crippen LogP contribution in [0.3, 0.4) is 0 Å². The zero-order valence-electron chi connectivity index (χ0n) is 13.8. The lowest BCUT2D eigenvalue weighted by atomic mass is 9.88. The van der Waals surface area contributed by atoms with Crippen LogP contribution in [0, 0.1) is 12.3 Å². The molecule has 0 radical (unpaired) electrons. The molecule has 0 amide bonds. The minimum absolute atomic E-state index is 0.323. The van der Waals surface area contributed by atoms with Gasteiger partial charge in [0, 0.05) is 17.8 Å². The molecule has 2 N–H and O–H groups in total. The maximum Gasteiger partial charge on any atom is 0.261 e. The van der Waals surface area contributed by atoms with Gasteiger partial charge in [0.25, 0.3) is 5.17 Å². The molecule has 2 rings (SSSR count). The predicted octanol–water partition coefficient (Wildman–Crippen LogP) is 4.59. The Balaban J connectivity index is 2.26. The fourth-order valence-electron chi connectivity index (χ4n) is 2.63. The van der Waals surface area contributed by atoms with Crippen molar-refractivity contribution >= 4 is 34.8 Å². The van der Waals surface area contributed by atoms with E-state index in [-0.39, 0.29) is 5.54 Å². The molecule has 120 valence electrons. The number of hydrogen-bond acceptors (Lipinski definition) is 3. The third-order valence-corrected chi connectivity index (χ3v) is 3.66. The molecule has 0 fully saturated rings. The Kier molecular flexibility index (Phi) is 5.46. The fourth-order valence-corrected chi connectivity index (χ4v) is 2.87. The normalized spacial score (nSPS) is 18.2. The molecule has 1 heterocycles. The second-order valence-corrected chi connectivity index (χ2v) is 6.12. The molecule has 4 heteroatoms. The van der Waals surface area contributed by atoms with E-state index in [9.17, 15) is 0 Å². The van der Waals surface area contributed by atoms with Gasteiger partial charge >= 0.3 is 0 Å². The van der Waals surface area contributed by atoms with E-state index >= 15 is 0 Å². The van der Waals surface area contributed by atoms with Crippen molar-refractivity contribution in [3.8, 4) is 12.3 Å². The first-order valence-corrected chi connectivity index (χ1v) is 8.03. The van der Waals surface area contributed by atoms with Gasteiger partial charge in [0.1, 0.15) is 0 Å². The lowest BCUT2D eigenvalue weighted by molar-refractivity contribution is 0.335. The summed E-state index contributed by atoms with van der Waals surface area (Å²) >= 11 is 5.11. The van der Waals surface area contributed by atoms with Gasteiger partial charge < -0.3 is 15.4 Å². The van der Waals surface area contributed by atoms with Crippen LogP contribution in [0.1, 0.15) is 32.8 Å². The lowest BCUT2D eigenvalue weighted by Crippen LogP contribution is -2.35. The summed E-state index contributed by atoms with van der Waals surface area (Å²) in [5, 5.41) is 7.01. The Morgan fingerprint density at radius 3 is 2.91 bits per heavy atom. The summed E-state index contributed by atoms with van der Waals surface area (Å²) in [7, 11) is 0. The number of rotatable bonds is 4. The van der Waals surface area contributed by atoms with E-state index in [1.54, 1.807) is 0 Å². The molecule has 1 aliphatic rings. The molecule has 1 aromatic carbocycles. The molecule has 0 aromatic heterocycles. The summed E-state index contributed by atoms with van der Waals surface area (Å²) in [6.07, 6.45) is 12.5. The molecule has 3 nitrogen and oxygen atoms in total. The Hall–Kier alpha value is -2.25. The second-order valence-electron chi connectivity index (χ2n) is 5.75. The van der Waals surface area contributed by atoms with Gasteiger partial charge in [-0.05, 0) is 56.8 Å². The van der Waals surface area contributed by atoms with Crippen LogP contribution in [0.5, 0.6) is 0 Å². The summed E-state index contributed by atoms with van der Waals surface area (Å²) < 4.78 is 5.26. The highest BCUT2D eigenvalue weighted by molar-refractivity contribution is 7.80. The van der Waals surface area contributed by atoms with Crippen LogP contribution in [0.4, 0.5) is 11.4 Å². The zero-order chi connectivity index (χ0) is 16.9. The van der Waals surface area contributed by atoms with E-state index in [1.165, 1.54) is 5.57 Å². The van der Waals surface area contributed by atoms with Crippen molar-refractivity contribution in [2.24, 2.45) is 0 Å². The van der Waals surface area contributed by atoms with E-state index < -0.39 is 0 Å². The SMILES string of the molecule is C#CCC1(C=C(C)C)C=Cc2cc(NC(=S)OCC)ccc2N1. The highest BCUT2D eigenvalue weighted by atomic mass is 32.1. The highest BCUT2D eigenvalue weighted by Crippen LogP contribution is 2.33. The van der Waals surface area contributed by atoms with Gasteiger partial charge in [0.15, 0.2) is 0 Å². The number of terminal acetylenes is 1. The number of allylic oxidation sites excluding steroid dienone is 1. The van der Waals surface area contributed by atoms with Gasteiger partial charge in [-0.3, -0.25) is 0 Å². The summed E-state index contributed by atoms with van der Waals surface area (Å²) in [6, 6.07) is 6.03. The first-order chi connectivity index (χ1) is 11.0. The average Bonchev–Trinajstić information content (AvgIpc) is 2.47.